The number of benzene rings is 2. The summed E-state index contributed by atoms with van der Waals surface area (Å²) in [6.07, 6.45) is 0. The number of sulfonamides is 2. The van der Waals surface area contributed by atoms with E-state index < -0.39 is 20.0 Å². The van der Waals surface area contributed by atoms with Crippen molar-refractivity contribution in [1.29, 1.82) is 0 Å². The lowest BCUT2D eigenvalue weighted by molar-refractivity contribution is 0.101. The number of carbonyl (C=O) groups excluding carboxylic acids is 1. The summed E-state index contributed by atoms with van der Waals surface area (Å²) in [6, 6.07) is 8.13. The molecular formula is C16H18N2O5S2. The van der Waals surface area contributed by atoms with Crippen molar-refractivity contribution < 1.29 is 21.6 Å². The predicted octanol–water partition coefficient (Wildman–Crippen LogP) is 1.95. The van der Waals surface area contributed by atoms with E-state index in [0.717, 1.165) is 0 Å². The number of nitrogens with one attached hydrogen (secondary N) is 1. The Morgan fingerprint density at radius 3 is 2.20 bits per heavy atom. The van der Waals surface area contributed by atoms with Crippen LogP contribution in [-0.4, -0.2) is 22.6 Å². The molecule has 0 aliphatic carbocycles. The first-order valence-electron chi connectivity index (χ1n) is 7.19. The average Bonchev–Trinajstić information content (AvgIpc) is 2.50. The molecule has 0 saturated carbocycles. The van der Waals surface area contributed by atoms with Gasteiger partial charge < -0.3 is 0 Å². The summed E-state index contributed by atoms with van der Waals surface area (Å²) in [5, 5.41) is 5.13. The van der Waals surface area contributed by atoms with Gasteiger partial charge in [0, 0.05) is 5.56 Å². The maximum atomic E-state index is 12.6. The van der Waals surface area contributed by atoms with Crippen molar-refractivity contribution >= 4 is 31.5 Å². The van der Waals surface area contributed by atoms with Crippen molar-refractivity contribution in [2.45, 2.75) is 30.6 Å². The molecule has 0 aliphatic rings. The number of rotatable bonds is 5. The highest BCUT2D eigenvalue weighted by molar-refractivity contribution is 7.92. The van der Waals surface area contributed by atoms with E-state index in [1.165, 1.54) is 43.3 Å². The zero-order chi connectivity index (χ0) is 19.0. The van der Waals surface area contributed by atoms with Crippen LogP contribution in [0.3, 0.4) is 0 Å². The van der Waals surface area contributed by atoms with E-state index in [0.29, 0.717) is 11.1 Å². The third-order valence-corrected chi connectivity index (χ3v) is 6.02. The highest BCUT2D eigenvalue weighted by Crippen LogP contribution is 2.26. The average molecular weight is 382 g/mol. The van der Waals surface area contributed by atoms with E-state index in [1.807, 2.05) is 0 Å². The van der Waals surface area contributed by atoms with Crippen molar-refractivity contribution in [2.24, 2.45) is 5.14 Å². The second-order valence-corrected chi connectivity index (χ2v) is 8.89. The van der Waals surface area contributed by atoms with Gasteiger partial charge in [0.05, 0.1) is 15.5 Å². The van der Waals surface area contributed by atoms with Crippen molar-refractivity contribution in [3.05, 3.63) is 53.1 Å². The molecule has 0 radical (unpaired) electrons. The standard InChI is InChI=1S/C16H18N2O5S2/c1-10-7-15(24(17,20)21)9-16(11(10)2)18-25(22,23)14-6-4-5-13(8-14)12(3)19/h4-9,18H,1-3H3,(H2,17,20,21). The van der Waals surface area contributed by atoms with Crippen LogP contribution in [0.2, 0.25) is 0 Å². The molecule has 0 heterocycles. The number of aryl methyl sites for hydroxylation is 1. The van der Waals surface area contributed by atoms with E-state index >= 15 is 0 Å². The van der Waals surface area contributed by atoms with Crippen LogP contribution in [0.5, 0.6) is 0 Å². The van der Waals surface area contributed by atoms with Crippen molar-refractivity contribution in [3.63, 3.8) is 0 Å². The molecule has 0 fully saturated rings. The second-order valence-electron chi connectivity index (χ2n) is 5.65. The number of primary sulfonamides is 1. The molecule has 0 aromatic heterocycles. The lowest BCUT2D eigenvalue weighted by Gasteiger charge is -2.14. The maximum absolute atomic E-state index is 12.6. The lowest BCUT2D eigenvalue weighted by atomic mass is 10.1. The highest BCUT2D eigenvalue weighted by Gasteiger charge is 2.19. The molecule has 134 valence electrons. The number of anilines is 1. The minimum absolute atomic E-state index is 0.0988. The molecule has 25 heavy (non-hydrogen) atoms. The van der Waals surface area contributed by atoms with E-state index in [-0.39, 0.29) is 26.8 Å². The summed E-state index contributed by atoms with van der Waals surface area (Å²) in [6.45, 7) is 4.65. The van der Waals surface area contributed by atoms with Crippen LogP contribution >= 0.6 is 0 Å². The molecule has 2 rings (SSSR count). The summed E-state index contributed by atoms with van der Waals surface area (Å²) in [4.78, 5) is 11.2. The number of hydrogen-bond donors (Lipinski definition) is 2. The molecule has 0 atom stereocenters. The Bertz CT molecular complexity index is 1060. The fourth-order valence-corrected chi connectivity index (χ4v) is 3.96. The number of nitrogens with two attached hydrogens (primary N) is 1. The quantitative estimate of drug-likeness (QED) is 0.765. The van der Waals surface area contributed by atoms with Crippen LogP contribution in [-0.2, 0) is 20.0 Å². The van der Waals surface area contributed by atoms with Crippen LogP contribution in [0.15, 0.2) is 46.2 Å². The maximum Gasteiger partial charge on any atom is 0.261 e. The molecular weight excluding hydrogens is 364 g/mol. The van der Waals surface area contributed by atoms with Crippen LogP contribution < -0.4 is 9.86 Å². The van der Waals surface area contributed by atoms with E-state index in [1.54, 1.807) is 13.8 Å². The zero-order valence-electron chi connectivity index (χ0n) is 13.9. The summed E-state index contributed by atoms with van der Waals surface area (Å²) >= 11 is 0. The lowest BCUT2D eigenvalue weighted by Crippen LogP contribution is -2.17. The molecule has 3 N–H and O–H groups in total. The molecule has 9 heteroatoms. The van der Waals surface area contributed by atoms with Crippen LogP contribution in [0.4, 0.5) is 5.69 Å². The van der Waals surface area contributed by atoms with E-state index in [2.05, 4.69) is 4.72 Å². The van der Waals surface area contributed by atoms with Crippen LogP contribution in [0.1, 0.15) is 28.4 Å². The molecule has 0 aliphatic heterocycles. The molecule has 2 aromatic carbocycles. The number of Topliss-reactive ketones (excluding diaryl/α,β-unsaturated/α-hetero) is 1. The normalized spacial score (nSPS) is 12.0. The minimum Gasteiger partial charge on any atom is -0.295 e. The molecule has 0 unspecified atom stereocenters. The summed E-state index contributed by atoms with van der Waals surface area (Å²) < 4.78 is 50.7. The van der Waals surface area contributed by atoms with Gasteiger partial charge in [-0.2, -0.15) is 0 Å². The Labute approximate surface area is 147 Å². The fourth-order valence-electron chi connectivity index (χ4n) is 2.18. The van der Waals surface area contributed by atoms with Crippen molar-refractivity contribution in [3.8, 4) is 0 Å². The molecule has 0 spiro atoms. The van der Waals surface area contributed by atoms with Gasteiger partial charge in [-0.3, -0.25) is 9.52 Å². The first kappa shape index (κ1) is 19.1. The summed E-state index contributed by atoms with van der Waals surface area (Å²) in [5.41, 5.74) is 1.51. The van der Waals surface area contributed by atoms with Gasteiger partial charge in [-0.05, 0) is 56.2 Å². The topological polar surface area (TPSA) is 123 Å². The van der Waals surface area contributed by atoms with E-state index in [9.17, 15) is 21.6 Å². The second kappa shape index (κ2) is 6.58. The molecule has 2 aromatic rings. The monoisotopic (exact) mass is 382 g/mol. The Morgan fingerprint density at radius 2 is 1.64 bits per heavy atom. The van der Waals surface area contributed by atoms with Gasteiger partial charge in [0.2, 0.25) is 10.0 Å². The number of hydrogen-bond acceptors (Lipinski definition) is 5. The Balaban J connectivity index is 2.53. The van der Waals surface area contributed by atoms with Gasteiger partial charge in [0.15, 0.2) is 5.78 Å². The van der Waals surface area contributed by atoms with Gasteiger partial charge in [-0.1, -0.05) is 12.1 Å². The first-order valence-corrected chi connectivity index (χ1v) is 10.2. The van der Waals surface area contributed by atoms with Crippen molar-refractivity contribution in [1.82, 2.24) is 0 Å². The smallest absolute Gasteiger partial charge is 0.261 e. The Hall–Kier alpha value is -2.23. The predicted molar refractivity (Wildman–Crippen MR) is 94.5 cm³/mol. The van der Waals surface area contributed by atoms with Crippen LogP contribution in [0, 0.1) is 13.8 Å². The number of carbonyl (C=O) groups is 1. The number of ketones is 1. The van der Waals surface area contributed by atoms with Crippen LogP contribution in [0.25, 0.3) is 0 Å². The van der Waals surface area contributed by atoms with Gasteiger partial charge in [-0.15, -0.1) is 0 Å². The van der Waals surface area contributed by atoms with E-state index in [4.69, 9.17) is 5.14 Å². The highest BCUT2D eigenvalue weighted by atomic mass is 32.2. The third kappa shape index (κ3) is 4.25. The Kier molecular flexibility index (Phi) is 5.03. The Morgan fingerprint density at radius 1 is 1.00 bits per heavy atom. The SMILES string of the molecule is CC(=O)c1cccc(S(=O)(=O)Nc2cc(S(N)(=O)=O)cc(C)c2C)c1. The first-order chi connectivity index (χ1) is 11.4. The summed E-state index contributed by atoms with van der Waals surface area (Å²) in [7, 11) is -7.99. The van der Waals surface area contributed by atoms with Gasteiger partial charge >= 0.3 is 0 Å². The third-order valence-electron chi connectivity index (χ3n) is 3.76. The molecule has 0 bridgehead atoms. The van der Waals surface area contributed by atoms with Gasteiger partial charge in [-0.25, -0.2) is 22.0 Å². The minimum atomic E-state index is -4.01. The molecule has 7 nitrogen and oxygen atoms in total. The fraction of sp³-hybridized carbons (Fsp3) is 0.188. The van der Waals surface area contributed by atoms with Crippen molar-refractivity contribution in [2.75, 3.05) is 4.72 Å². The van der Waals surface area contributed by atoms with Gasteiger partial charge in [0.1, 0.15) is 0 Å². The zero-order valence-corrected chi connectivity index (χ0v) is 15.5. The largest absolute Gasteiger partial charge is 0.295 e. The summed E-state index contributed by atoms with van der Waals surface area (Å²) in [5.74, 6) is -0.264. The molecule has 0 saturated heterocycles. The molecule has 0 amide bonds. The van der Waals surface area contributed by atoms with Gasteiger partial charge in [0.25, 0.3) is 10.0 Å².